The molecule has 0 fully saturated rings. The lowest BCUT2D eigenvalue weighted by atomic mass is 10.1. The first-order valence-electron chi connectivity index (χ1n) is 9.88. The van der Waals surface area contributed by atoms with Crippen molar-refractivity contribution >= 4 is 5.91 Å². The largest absolute Gasteiger partial charge is 0.497 e. The van der Waals surface area contributed by atoms with Crippen molar-refractivity contribution in [3.8, 4) is 5.75 Å². The molecular weight excluding hydrogens is 350 g/mol. The molecule has 0 bridgehead atoms. The van der Waals surface area contributed by atoms with Gasteiger partial charge in [-0.1, -0.05) is 38.1 Å². The average Bonchev–Trinajstić information content (AvgIpc) is 2.72. The van der Waals surface area contributed by atoms with Gasteiger partial charge in [-0.05, 0) is 62.6 Å². The minimum Gasteiger partial charge on any atom is -0.497 e. The van der Waals surface area contributed by atoms with Crippen molar-refractivity contribution in [2.24, 2.45) is 0 Å². The number of hydrogen-bond donors (Lipinski definition) is 1. The van der Waals surface area contributed by atoms with Crippen molar-refractivity contribution in [2.45, 2.75) is 26.4 Å². The first-order chi connectivity index (χ1) is 13.5. The summed E-state index contributed by atoms with van der Waals surface area (Å²) in [5, 5.41) is 3.07. The molecule has 1 atom stereocenters. The normalized spacial score (nSPS) is 12.2. The SMILES string of the molecule is CCN(CC)Cc1ccc(C(=O)NCC(c2ccc(OC)cc2)N(C)C)cc1. The zero-order valence-corrected chi connectivity index (χ0v) is 17.7. The number of carbonyl (C=O) groups is 1. The first-order valence-corrected chi connectivity index (χ1v) is 9.88. The van der Waals surface area contributed by atoms with Crippen LogP contribution in [0.3, 0.4) is 0 Å². The Morgan fingerprint density at radius 1 is 1.00 bits per heavy atom. The highest BCUT2D eigenvalue weighted by molar-refractivity contribution is 5.94. The second kappa shape index (κ2) is 10.8. The van der Waals surface area contributed by atoms with Crippen LogP contribution >= 0.6 is 0 Å². The summed E-state index contributed by atoms with van der Waals surface area (Å²) in [5.74, 6) is 0.782. The summed E-state index contributed by atoms with van der Waals surface area (Å²) in [7, 11) is 5.69. The number of methoxy groups -OCH3 is 1. The lowest BCUT2D eigenvalue weighted by Gasteiger charge is -2.25. The van der Waals surface area contributed by atoms with Crippen LogP contribution in [0.2, 0.25) is 0 Å². The molecule has 0 saturated carbocycles. The number of nitrogens with zero attached hydrogens (tertiary/aromatic N) is 2. The van der Waals surface area contributed by atoms with E-state index in [9.17, 15) is 4.79 Å². The number of rotatable bonds is 10. The number of amides is 1. The van der Waals surface area contributed by atoms with Crippen LogP contribution in [-0.4, -0.2) is 56.5 Å². The van der Waals surface area contributed by atoms with E-state index in [2.05, 4.69) is 29.0 Å². The molecule has 0 aliphatic rings. The Balaban J connectivity index is 1.98. The Labute approximate surface area is 169 Å². The first kappa shape index (κ1) is 21.9. The van der Waals surface area contributed by atoms with Gasteiger partial charge >= 0.3 is 0 Å². The molecule has 0 radical (unpaired) electrons. The van der Waals surface area contributed by atoms with Gasteiger partial charge in [-0.2, -0.15) is 0 Å². The summed E-state index contributed by atoms with van der Waals surface area (Å²) in [6.07, 6.45) is 0. The minimum atomic E-state index is -0.0465. The third kappa shape index (κ3) is 6.08. The van der Waals surface area contributed by atoms with Gasteiger partial charge in [0, 0.05) is 18.7 Å². The summed E-state index contributed by atoms with van der Waals surface area (Å²) in [5.41, 5.74) is 3.06. The highest BCUT2D eigenvalue weighted by atomic mass is 16.5. The number of hydrogen-bond acceptors (Lipinski definition) is 4. The Morgan fingerprint density at radius 2 is 1.61 bits per heavy atom. The zero-order chi connectivity index (χ0) is 20.5. The van der Waals surface area contributed by atoms with E-state index in [1.54, 1.807) is 7.11 Å². The van der Waals surface area contributed by atoms with Gasteiger partial charge in [0.1, 0.15) is 5.75 Å². The van der Waals surface area contributed by atoms with Gasteiger partial charge in [-0.3, -0.25) is 9.69 Å². The van der Waals surface area contributed by atoms with E-state index in [0.29, 0.717) is 12.1 Å². The van der Waals surface area contributed by atoms with Crippen molar-refractivity contribution < 1.29 is 9.53 Å². The Hall–Kier alpha value is -2.37. The van der Waals surface area contributed by atoms with E-state index < -0.39 is 0 Å². The maximum Gasteiger partial charge on any atom is 0.251 e. The van der Waals surface area contributed by atoms with Gasteiger partial charge in [-0.25, -0.2) is 0 Å². The van der Waals surface area contributed by atoms with E-state index in [0.717, 1.165) is 30.9 Å². The summed E-state index contributed by atoms with van der Waals surface area (Å²) >= 11 is 0. The van der Waals surface area contributed by atoms with Gasteiger partial charge in [-0.15, -0.1) is 0 Å². The molecule has 2 aromatic rings. The minimum absolute atomic E-state index is 0.0465. The summed E-state index contributed by atoms with van der Waals surface area (Å²) in [6, 6.07) is 16.0. The van der Waals surface area contributed by atoms with Gasteiger partial charge in [0.25, 0.3) is 5.91 Å². The molecule has 152 valence electrons. The van der Waals surface area contributed by atoms with Crippen molar-refractivity contribution in [2.75, 3.05) is 40.8 Å². The predicted molar refractivity (Wildman–Crippen MR) is 115 cm³/mol. The number of nitrogens with one attached hydrogen (secondary N) is 1. The maximum atomic E-state index is 12.6. The Bertz CT molecular complexity index is 723. The topological polar surface area (TPSA) is 44.8 Å². The molecule has 1 amide bonds. The van der Waals surface area contributed by atoms with Crippen LogP contribution in [0.5, 0.6) is 5.75 Å². The molecule has 0 heterocycles. The second-order valence-electron chi connectivity index (χ2n) is 7.12. The predicted octanol–water partition coefficient (Wildman–Crippen LogP) is 3.57. The number of ether oxygens (including phenoxy) is 1. The molecular formula is C23H33N3O2. The lowest BCUT2D eigenvalue weighted by molar-refractivity contribution is 0.0942. The molecule has 1 N–H and O–H groups in total. The molecule has 0 aliphatic carbocycles. The van der Waals surface area contributed by atoms with Crippen molar-refractivity contribution in [1.82, 2.24) is 15.1 Å². The fraction of sp³-hybridized carbons (Fsp3) is 0.435. The monoisotopic (exact) mass is 383 g/mol. The third-order valence-electron chi connectivity index (χ3n) is 5.10. The third-order valence-corrected chi connectivity index (χ3v) is 5.10. The molecule has 0 saturated heterocycles. The fourth-order valence-electron chi connectivity index (χ4n) is 3.18. The van der Waals surface area contributed by atoms with E-state index in [1.807, 2.05) is 62.6 Å². The van der Waals surface area contributed by atoms with E-state index in [-0.39, 0.29) is 11.9 Å². The molecule has 2 rings (SSSR count). The molecule has 28 heavy (non-hydrogen) atoms. The molecule has 5 nitrogen and oxygen atoms in total. The smallest absolute Gasteiger partial charge is 0.251 e. The van der Waals surface area contributed by atoms with Crippen molar-refractivity contribution in [1.29, 1.82) is 0 Å². The van der Waals surface area contributed by atoms with Gasteiger partial charge in [0.15, 0.2) is 0 Å². The fourth-order valence-corrected chi connectivity index (χ4v) is 3.18. The lowest BCUT2D eigenvalue weighted by Crippen LogP contribution is -2.34. The number of likely N-dealkylation sites (N-methyl/N-ethyl adjacent to an activating group) is 1. The van der Waals surface area contributed by atoms with Crippen molar-refractivity contribution in [3.63, 3.8) is 0 Å². The molecule has 0 spiro atoms. The van der Waals surface area contributed by atoms with Crippen LogP contribution in [0, 0.1) is 0 Å². The molecule has 0 aromatic heterocycles. The summed E-state index contributed by atoms with van der Waals surface area (Å²) in [4.78, 5) is 17.0. The summed E-state index contributed by atoms with van der Waals surface area (Å²) < 4.78 is 5.23. The van der Waals surface area contributed by atoms with Crippen LogP contribution in [0.1, 0.15) is 41.4 Å². The van der Waals surface area contributed by atoms with E-state index in [4.69, 9.17) is 4.74 Å². The Kier molecular flexibility index (Phi) is 8.48. The molecule has 1 unspecified atom stereocenters. The molecule has 2 aromatic carbocycles. The number of carbonyl (C=O) groups excluding carboxylic acids is 1. The summed E-state index contributed by atoms with van der Waals surface area (Å²) in [6.45, 7) is 7.82. The standard InChI is InChI=1S/C23H33N3O2/c1-6-26(7-2)17-18-8-10-20(11-9-18)23(27)24-16-22(25(3)4)19-12-14-21(28-5)15-13-19/h8-15,22H,6-7,16-17H2,1-5H3,(H,24,27). The van der Waals surface area contributed by atoms with Crippen LogP contribution < -0.4 is 10.1 Å². The van der Waals surface area contributed by atoms with Gasteiger partial charge < -0.3 is 15.0 Å². The quantitative estimate of drug-likeness (QED) is 0.681. The maximum absolute atomic E-state index is 12.6. The Morgan fingerprint density at radius 3 is 2.11 bits per heavy atom. The average molecular weight is 384 g/mol. The van der Waals surface area contributed by atoms with E-state index in [1.165, 1.54) is 5.56 Å². The van der Waals surface area contributed by atoms with Crippen LogP contribution in [0.4, 0.5) is 0 Å². The van der Waals surface area contributed by atoms with Crippen LogP contribution in [-0.2, 0) is 6.54 Å². The van der Waals surface area contributed by atoms with Gasteiger partial charge in [0.05, 0.1) is 13.2 Å². The highest BCUT2D eigenvalue weighted by Crippen LogP contribution is 2.21. The molecule has 0 aliphatic heterocycles. The zero-order valence-electron chi connectivity index (χ0n) is 17.7. The second-order valence-corrected chi connectivity index (χ2v) is 7.12. The highest BCUT2D eigenvalue weighted by Gasteiger charge is 2.16. The van der Waals surface area contributed by atoms with Crippen molar-refractivity contribution in [3.05, 3.63) is 65.2 Å². The van der Waals surface area contributed by atoms with Crippen LogP contribution in [0.15, 0.2) is 48.5 Å². The molecule has 5 heteroatoms. The van der Waals surface area contributed by atoms with Gasteiger partial charge in [0.2, 0.25) is 0 Å². The number of benzene rings is 2. The van der Waals surface area contributed by atoms with E-state index >= 15 is 0 Å². The van der Waals surface area contributed by atoms with Crippen LogP contribution in [0.25, 0.3) is 0 Å².